The summed E-state index contributed by atoms with van der Waals surface area (Å²) >= 11 is 0. The van der Waals surface area contributed by atoms with Crippen molar-refractivity contribution in [2.75, 3.05) is 18.5 Å². The largest absolute Gasteiger partial charge is 0.378 e. The SMILES string of the molecule is CC(=O)c1ccc(NC(=O)NCCCC2CCCCO2)cc1C. The average molecular weight is 318 g/mol. The highest BCUT2D eigenvalue weighted by Gasteiger charge is 2.13. The van der Waals surface area contributed by atoms with Crippen LogP contribution in [-0.4, -0.2) is 31.1 Å². The van der Waals surface area contributed by atoms with E-state index in [1.807, 2.05) is 13.0 Å². The first-order chi connectivity index (χ1) is 11.1. The number of amides is 2. The van der Waals surface area contributed by atoms with Gasteiger partial charge in [-0.3, -0.25) is 4.79 Å². The Morgan fingerprint density at radius 3 is 2.78 bits per heavy atom. The van der Waals surface area contributed by atoms with Gasteiger partial charge in [-0.1, -0.05) is 0 Å². The minimum absolute atomic E-state index is 0.0310. The van der Waals surface area contributed by atoms with Gasteiger partial charge in [-0.05, 0) is 69.7 Å². The molecule has 1 aliphatic heterocycles. The number of anilines is 1. The molecular weight excluding hydrogens is 292 g/mol. The number of Topliss-reactive ketones (excluding diaryl/α,β-unsaturated/α-hetero) is 1. The zero-order valence-corrected chi connectivity index (χ0v) is 14.0. The summed E-state index contributed by atoms with van der Waals surface area (Å²) in [7, 11) is 0. The normalized spacial score (nSPS) is 17.6. The van der Waals surface area contributed by atoms with Crippen LogP contribution in [0.4, 0.5) is 10.5 Å². The van der Waals surface area contributed by atoms with E-state index in [9.17, 15) is 9.59 Å². The number of carbonyl (C=O) groups is 2. The van der Waals surface area contributed by atoms with Gasteiger partial charge in [0.1, 0.15) is 0 Å². The van der Waals surface area contributed by atoms with Crippen molar-refractivity contribution in [3.8, 4) is 0 Å². The Hall–Kier alpha value is -1.88. The van der Waals surface area contributed by atoms with E-state index in [0.29, 0.717) is 23.9 Å². The maximum atomic E-state index is 11.9. The molecule has 126 valence electrons. The fourth-order valence-electron chi connectivity index (χ4n) is 2.88. The van der Waals surface area contributed by atoms with Crippen molar-refractivity contribution in [3.05, 3.63) is 29.3 Å². The topological polar surface area (TPSA) is 67.4 Å². The standard InChI is InChI=1S/C18H26N2O3/c1-13-12-15(8-9-17(13)14(2)21)20-18(22)19-10-5-7-16-6-3-4-11-23-16/h8-9,12,16H,3-7,10-11H2,1-2H3,(H2,19,20,22). The summed E-state index contributed by atoms with van der Waals surface area (Å²) in [5.74, 6) is 0.0310. The molecule has 1 saturated heterocycles. The second kappa shape index (κ2) is 8.67. The monoisotopic (exact) mass is 318 g/mol. The molecule has 5 nitrogen and oxygen atoms in total. The number of benzene rings is 1. The third kappa shape index (κ3) is 5.67. The van der Waals surface area contributed by atoms with Gasteiger partial charge < -0.3 is 15.4 Å². The quantitative estimate of drug-likeness (QED) is 0.621. The van der Waals surface area contributed by atoms with Crippen LogP contribution in [0, 0.1) is 6.92 Å². The predicted molar refractivity (Wildman–Crippen MR) is 91.0 cm³/mol. The number of ether oxygens (including phenoxy) is 1. The number of hydrogen-bond donors (Lipinski definition) is 2. The Labute approximate surface area is 137 Å². The second-order valence-electron chi connectivity index (χ2n) is 6.10. The Bertz CT molecular complexity index is 551. The third-order valence-corrected chi connectivity index (χ3v) is 4.13. The maximum Gasteiger partial charge on any atom is 0.319 e. The average Bonchev–Trinajstić information content (AvgIpc) is 2.52. The summed E-state index contributed by atoms with van der Waals surface area (Å²) in [6, 6.07) is 5.09. The van der Waals surface area contributed by atoms with Crippen LogP contribution in [-0.2, 0) is 4.74 Å². The lowest BCUT2D eigenvalue weighted by Crippen LogP contribution is -2.30. The van der Waals surface area contributed by atoms with E-state index in [0.717, 1.165) is 31.4 Å². The van der Waals surface area contributed by atoms with E-state index in [2.05, 4.69) is 10.6 Å². The Morgan fingerprint density at radius 1 is 1.30 bits per heavy atom. The molecule has 1 fully saturated rings. The molecule has 1 aromatic rings. The molecule has 0 bridgehead atoms. The Balaban J connectivity index is 1.70. The van der Waals surface area contributed by atoms with Crippen LogP contribution in [0.5, 0.6) is 0 Å². The molecule has 0 radical (unpaired) electrons. The molecule has 1 aliphatic rings. The van der Waals surface area contributed by atoms with Crippen molar-refractivity contribution >= 4 is 17.5 Å². The fourth-order valence-corrected chi connectivity index (χ4v) is 2.88. The molecule has 2 N–H and O–H groups in total. The van der Waals surface area contributed by atoms with Crippen molar-refractivity contribution in [3.63, 3.8) is 0 Å². The van der Waals surface area contributed by atoms with Crippen molar-refractivity contribution in [2.24, 2.45) is 0 Å². The van der Waals surface area contributed by atoms with E-state index in [-0.39, 0.29) is 11.8 Å². The summed E-state index contributed by atoms with van der Waals surface area (Å²) < 4.78 is 5.67. The van der Waals surface area contributed by atoms with Gasteiger partial charge in [0.05, 0.1) is 6.10 Å². The first kappa shape index (κ1) is 17.5. The first-order valence-electron chi connectivity index (χ1n) is 8.34. The summed E-state index contributed by atoms with van der Waals surface area (Å²) in [6.07, 6.45) is 5.81. The van der Waals surface area contributed by atoms with Crippen LogP contribution in [0.1, 0.15) is 54.9 Å². The molecule has 0 saturated carbocycles. The molecule has 1 heterocycles. The first-order valence-corrected chi connectivity index (χ1v) is 8.34. The van der Waals surface area contributed by atoms with Gasteiger partial charge in [0.15, 0.2) is 5.78 Å². The zero-order valence-electron chi connectivity index (χ0n) is 14.0. The number of ketones is 1. The van der Waals surface area contributed by atoms with Crippen molar-refractivity contribution < 1.29 is 14.3 Å². The summed E-state index contributed by atoms with van der Waals surface area (Å²) in [6.45, 7) is 4.91. The maximum absolute atomic E-state index is 11.9. The van der Waals surface area contributed by atoms with Crippen molar-refractivity contribution in [2.45, 2.75) is 52.1 Å². The lowest BCUT2D eigenvalue weighted by molar-refractivity contribution is 0.0103. The van der Waals surface area contributed by atoms with Crippen LogP contribution < -0.4 is 10.6 Å². The minimum atomic E-state index is -0.218. The van der Waals surface area contributed by atoms with Crippen LogP contribution in [0.15, 0.2) is 18.2 Å². The number of hydrogen-bond acceptors (Lipinski definition) is 3. The van der Waals surface area contributed by atoms with Gasteiger partial charge >= 0.3 is 6.03 Å². The van der Waals surface area contributed by atoms with Gasteiger partial charge in [0.2, 0.25) is 0 Å². The van der Waals surface area contributed by atoms with Gasteiger partial charge in [-0.2, -0.15) is 0 Å². The van der Waals surface area contributed by atoms with Gasteiger partial charge in [0.25, 0.3) is 0 Å². The number of nitrogens with one attached hydrogen (secondary N) is 2. The highest BCUT2D eigenvalue weighted by molar-refractivity contribution is 5.96. The summed E-state index contributed by atoms with van der Waals surface area (Å²) in [5, 5.41) is 5.65. The third-order valence-electron chi connectivity index (χ3n) is 4.13. The second-order valence-corrected chi connectivity index (χ2v) is 6.10. The lowest BCUT2D eigenvalue weighted by Gasteiger charge is -2.22. The molecule has 5 heteroatoms. The number of aryl methyl sites for hydroxylation is 1. The Kier molecular flexibility index (Phi) is 6.59. The molecule has 1 aromatic carbocycles. The lowest BCUT2D eigenvalue weighted by atomic mass is 10.0. The van der Waals surface area contributed by atoms with Gasteiger partial charge in [-0.25, -0.2) is 4.79 Å². The minimum Gasteiger partial charge on any atom is -0.378 e. The molecule has 23 heavy (non-hydrogen) atoms. The van der Waals surface area contributed by atoms with E-state index in [1.165, 1.54) is 19.8 Å². The molecular formula is C18H26N2O3. The molecule has 2 amide bonds. The zero-order chi connectivity index (χ0) is 16.7. The van der Waals surface area contributed by atoms with Gasteiger partial charge in [-0.15, -0.1) is 0 Å². The summed E-state index contributed by atoms with van der Waals surface area (Å²) in [4.78, 5) is 23.3. The predicted octanol–water partition coefficient (Wildman–Crippen LogP) is 3.67. The van der Waals surface area contributed by atoms with Crippen molar-refractivity contribution in [1.29, 1.82) is 0 Å². The van der Waals surface area contributed by atoms with E-state index in [1.54, 1.807) is 12.1 Å². The molecule has 0 aliphatic carbocycles. The highest BCUT2D eigenvalue weighted by atomic mass is 16.5. The number of carbonyl (C=O) groups excluding carboxylic acids is 2. The van der Waals surface area contributed by atoms with E-state index < -0.39 is 0 Å². The van der Waals surface area contributed by atoms with Crippen LogP contribution >= 0.6 is 0 Å². The van der Waals surface area contributed by atoms with Crippen molar-refractivity contribution in [1.82, 2.24) is 5.32 Å². The fraction of sp³-hybridized carbons (Fsp3) is 0.556. The van der Waals surface area contributed by atoms with Crippen LogP contribution in [0.2, 0.25) is 0 Å². The van der Waals surface area contributed by atoms with E-state index >= 15 is 0 Å². The summed E-state index contributed by atoms with van der Waals surface area (Å²) in [5.41, 5.74) is 2.24. The van der Waals surface area contributed by atoms with E-state index in [4.69, 9.17) is 4.74 Å². The van der Waals surface area contributed by atoms with Crippen LogP contribution in [0.3, 0.4) is 0 Å². The molecule has 0 aromatic heterocycles. The highest BCUT2D eigenvalue weighted by Crippen LogP contribution is 2.17. The smallest absolute Gasteiger partial charge is 0.319 e. The number of urea groups is 1. The Morgan fingerprint density at radius 2 is 2.13 bits per heavy atom. The number of rotatable bonds is 6. The molecule has 0 spiro atoms. The van der Waals surface area contributed by atoms with Crippen LogP contribution in [0.25, 0.3) is 0 Å². The van der Waals surface area contributed by atoms with Gasteiger partial charge in [0, 0.05) is 24.4 Å². The molecule has 1 atom stereocenters. The molecule has 1 unspecified atom stereocenters. The molecule has 2 rings (SSSR count).